The summed E-state index contributed by atoms with van der Waals surface area (Å²) in [5.41, 5.74) is 0.924. The smallest absolute Gasteiger partial charge is 0.261 e. The van der Waals surface area contributed by atoms with E-state index in [-0.39, 0.29) is 23.5 Å². The van der Waals surface area contributed by atoms with Crippen LogP contribution in [0.4, 0.5) is 0 Å². The van der Waals surface area contributed by atoms with E-state index in [1.165, 1.54) is 11.3 Å². The van der Waals surface area contributed by atoms with Crippen LogP contribution in [-0.2, 0) is 9.53 Å². The maximum atomic E-state index is 12.5. The van der Waals surface area contributed by atoms with Crippen LogP contribution in [0, 0.1) is 18.8 Å². The van der Waals surface area contributed by atoms with Crippen molar-refractivity contribution in [2.75, 3.05) is 32.7 Å². The molecule has 0 aliphatic carbocycles. The van der Waals surface area contributed by atoms with Crippen LogP contribution < -0.4 is 10.6 Å². The Kier molecular flexibility index (Phi) is 4.79. The summed E-state index contributed by atoms with van der Waals surface area (Å²) in [6.45, 7) is 7.38. The zero-order valence-electron chi connectivity index (χ0n) is 15.4. The summed E-state index contributed by atoms with van der Waals surface area (Å²) in [7, 11) is 0. The number of carbonyl (C=O) groups is 2. The van der Waals surface area contributed by atoms with Gasteiger partial charge in [-0.2, -0.15) is 0 Å². The third-order valence-corrected chi connectivity index (χ3v) is 7.18. The van der Waals surface area contributed by atoms with Crippen molar-refractivity contribution >= 4 is 23.2 Å². The molecule has 26 heavy (non-hydrogen) atoms. The van der Waals surface area contributed by atoms with Gasteiger partial charge in [-0.15, -0.1) is 11.3 Å². The van der Waals surface area contributed by atoms with Crippen molar-refractivity contribution in [3.05, 3.63) is 21.9 Å². The number of hydrogen-bond acceptors (Lipinski definition) is 5. The molecule has 142 valence electrons. The van der Waals surface area contributed by atoms with Crippen LogP contribution in [-0.4, -0.2) is 61.1 Å². The van der Waals surface area contributed by atoms with Gasteiger partial charge in [-0.05, 0) is 43.7 Å². The number of ether oxygens (including phenoxy) is 1. The highest BCUT2D eigenvalue weighted by molar-refractivity contribution is 7.12. The van der Waals surface area contributed by atoms with Gasteiger partial charge in [0.15, 0.2) is 0 Å². The van der Waals surface area contributed by atoms with Crippen molar-refractivity contribution in [2.24, 2.45) is 11.8 Å². The van der Waals surface area contributed by atoms with Gasteiger partial charge in [0, 0.05) is 38.0 Å². The Balaban J connectivity index is 1.38. The second kappa shape index (κ2) is 6.94. The van der Waals surface area contributed by atoms with Gasteiger partial charge in [0.2, 0.25) is 5.91 Å². The summed E-state index contributed by atoms with van der Waals surface area (Å²) < 4.78 is 6.39. The molecule has 2 amide bonds. The predicted molar refractivity (Wildman–Crippen MR) is 100 cm³/mol. The highest BCUT2D eigenvalue weighted by atomic mass is 32.1. The molecular formula is C19H27N3O3S. The molecule has 3 saturated heterocycles. The number of amides is 2. The van der Waals surface area contributed by atoms with Crippen molar-refractivity contribution in [1.82, 2.24) is 15.5 Å². The maximum absolute atomic E-state index is 12.5. The molecule has 3 aliphatic heterocycles. The SMILES string of the molecule is CCNC(=O)CN1C[C@@H]2[C@H](CNC(=O)c3sccc3C)[C@H]3CC[C@]2(C1)O3. The quantitative estimate of drug-likeness (QED) is 0.786. The van der Waals surface area contributed by atoms with Gasteiger partial charge in [0.05, 0.1) is 23.1 Å². The molecule has 1 spiro atoms. The molecule has 1 aromatic heterocycles. The number of nitrogens with zero attached hydrogens (tertiary/aromatic N) is 1. The molecule has 0 unspecified atom stereocenters. The monoisotopic (exact) mass is 377 g/mol. The third kappa shape index (κ3) is 3.06. The zero-order valence-corrected chi connectivity index (χ0v) is 16.2. The molecule has 6 nitrogen and oxygen atoms in total. The molecule has 0 aromatic carbocycles. The summed E-state index contributed by atoms with van der Waals surface area (Å²) in [5.74, 6) is 0.843. The van der Waals surface area contributed by atoms with Gasteiger partial charge in [-0.3, -0.25) is 14.5 Å². The standard InChI is InChI=1S/C19H27N3O3S/c1-3-20-16(23)10-22-9-14-13(15-4-6-19(14,11-22)25-15)8-21-18(24)17-12(2)5-7-26-17/h5,7,13-15H,3-4,6,8-11H2,1-2H3,(H,20,23)(H,21,24)/t13-,14+,15+,19+/m0/s1. The van der Waals surface area contributed by atoms with E-state index in [4.69, 9.17) is 4.74 Å². The highest BCUT2D eigenvalue weighted by Gasteiger charge is 2.62. The average Bonchev–Trinajstić information content (AvgIpc) is 3.32. The van der Waals surface area contributed by atoms with Gasteiger partial charge in [-0.25, -0.2) is 0 Å². The second-order valence-electron chi connectivity index (χ2n) is 7.80. The molecule has 0 saturated carbocycles. The topological polar surface area (TPSA) is 70.7 Å². The van der Waals surface area contributed by atoms with Gasteiger partial charge in [0.25, 0.3) is 5.91 Å². The van der Waals surface area contributed by atoms with Crippen molar-refractivity contribution in [3.63, 3.8) is 0 Å². The van der Waals surface area contributed by atoms with Crippen LogP contribution in [0.25, 0.3) is 0 Å². The van der Waals surface area contributed by atoms with Crippen molar-refractivity contribution in [1.29, 1.82) is 0 Å². The molecule has 7 heteroatoms. The first-order valence-corrected chi connectivity index (χ1v) is 10.4. The molecule has 0 radical (unpaired) electrons. The van der Waals surface area contributed by atoms with Crippen molar-refractivity contribution in [2.45, 2.75) is 38.4 Å². The number of rotatable bonds is 6. The van der Waals surface area contributed by atoms with Crippen LogP contribution in [0.1, 0.15) is 35.0 Å². The Labute approximate surface area is 158 Å². The average molecular weight is 378 g/mol. The molecule has 3 aliphatic rings. The molecule has 1 aromatic rings. The van der Waals surface area contributed by atoms with Crippen LogP contribution in [0.15, 0.2) is 11.4 Å². The second-order valence-corrected chi connectivity index (χ2v) is 8.71. The molecule has 2 N–H and O–H groups in total. The first kappa shape index (κ1) is 17.9. The largest absolute Gasteiger partial charge is 0.370 e. The Bertz CT molecular complexity index is 706. The lowest BCUT2D eigenvalue weighted by atomic mass is 9.73. The van der Waals surface area contributed by atoms with E-state index in [9.17, 15) is 9.59 Å². The Morgan fingerprint density at radius 1 is 1.42 bits per heavy atom. The number of thiophene rings is 1. The fraction of sp³-hybridized carbons (Fsp3) is 0.684. The van der Waals surface area contributed by atoms with Gasteiger partial charge in [-0.1, -0.05) is 0 Å². The number of fused-ring (bicyclic) bond motifs is 1. The Morgan fingerprint density at radius 2 is 2.27 bits per heavy atom. The minimum atomic E-state index is -0.106. The van der Waals surface area contributed by atoms with E-state index in [0.29, 0.717) is 31.5 Å². The molecule has 2 bridgehead atoms. The number of likely N-dealkylation sites (tertiary alicyclic amines) is 1. The first-order valence-electron chi connectivity index (χ1n) is 9.51. The van der Waals surface area contributed by atoms with Crippen LogP contribution in [0.3, 0.4) is 0 Å². The van der Waals surface area contributed by atoms with Crippen molar-refractivity contribution < 1.29 is 14.3 Å². The maximum Gasteiger partial charge on any atom is 0.261 e. The fourth-order valence-electron chi connectivity index (χ4n) is 5.03. The summed E-state index contributed by atoms with van der Waals surface area (Å²) in [5, 5.41) is 7.96. The van der Waals surface area contributed by atoms with Gasteiger partial charge in [0.1, 0.15) is 0 Å². The normalized spacial score (nSPS) is 32.6. The lowest BCUT2D eigenvalue weighted by Gasteiger charge is -2.29. The zero-order chi connectivity index (χ0) is 18.3. The minimum absolute atomic E-state index is 0.0199. The van der Waals surface area contributed by atoms with E-state index < -0.39 is 0 Å². The van der Waals surface area contributed by atoms with Crippen LogP contribution in [0.2, 0.25) is 0 Å². The molecule has 4 rings (SSSR count). The van der Waals surface area contributed by atoms with Gasteiger partial charge >= 0.3 is 0 Å². The Morgan fingerprint density at radius 3 is 3.00 bits per heavy atom. The third-order valence-electron chi connectivity index (χ3n) is 6.16. The number of hydrogen-bond donors (Lipinski definition) is 2. The molecular weight excluding hydrogens is 350 g/mol. The lowest BCUT2D eigenvalue weighted by Crippen LogP contribution is -2.41. The Hall–Kier alpha value is -1.44. The van der Waals surface area contributed by atoms with E-state index in [1.807, 2.05) is 25.3 Å². The summed E-state index contributed by atoms with van der Waals surface area (Å²) in [6.07, 6.45) is 2.38. The van der Waals surface area contributed by atoms with Crippen molar-refractivity contribution in [3.8, 4) is 0 Å². The van der Waals surface area contributed by atoms with Crippen LogP contribution in [0.5, 0.6) is 0 Å². The number of likely N-dealkylation sites (N-methyl/N-ethyl adjacent to an activating group) is 1. The van der Waals surface area contributed by atoms with E-state index in [0.717, 1.165) is 36.4 Å². The number of carbonyl (C=O) groups excluding carboxylic acids is 2. The summed E-state index contributed by atoms with van der Waals surface area (Å²) >= 11 is 1.49. The predicted octanol–water partition coefficient (Wildman–Crippen LogP) is 1.40. The molecule has 4 heterocycles. The highest BCUT2D eigenvalue weighted by Crippen LogP contribution is 2.54. The molecule has 3 fully saturated rings. The summed E-state index contributed by atoms with van der Waals surface area (Å²) in [6, 6.07) is 1.98. The molecule has 4 atom stereocenters. The first-order chi connectivity index (χ1) is 12.5. The van der Waals surface area contributed by atoms with Crippen LogP contribution >= 0.6 is 11.3 Å². The fourth-order valence-corrected chi connectivity index (χ4v) is 5.87. The van der Waals surface area contributed by atoms with Gasteiger partial charge < -0.3 is 15.4 Å². The minimum Gasteiger partial charge on any atom is -0.370 e. The van der Waals surface area contributed by atoms with E-state index >= 15 is 0 Å². The van der Waals surface area contributed by atoms with E-state index in [2.05, 4.69) is 15.5 Å². The number of aryl methyl sites for hydroxylation is 1. The lowest BCUT2D eigenvalue weighted by molar-refractivity contribution is -0.122. The summed E-state index contributed by atoms with van der Waals surface area (Å²) in [4.78, 5) is 27.4. The van der Waals surface area contributed by atoms with E-state index in [1.54, 1.807) is 0 Å². The number of nitrogens with one attached hydrogen (secondary N) is 2.